The van der Waals surface area contributed by atoms with Gasteiger partial charge in [0.1, 0.15) is 0 Å². The molecule has 88 valence electrons. The van der Waals surface area contributed by atoms with Crippen LogP contribution in [-0.4, -0.2) is 21.4 Å². The lowest BCUT2D eigenvalue weighted by atomic mass is 10.3. The van der Waals surface area contributed by atoms with Crippen LogP contribution in [0.15, 0.2) is 29.2 Å². The minimum atomic E-state index is -3.47. The van der Waals surface area contributed by atoms with Gasteiger partial charge in [-0.3, -0.25) is 4.79 Å². The van der Waals surface area contributed by atoms with E-state index in [4.69, 9.17) is 0 Å². The van der Waals surface area contributed by atoms with E-state index in [1.807, 2.05) is 6.92 Å². The summed E-state index contributed by atoms with van der Waals surface area (Å²) < 4.78 is 25.9. The van der Waals surface area contributed by atoms with Gasteiger partial charge < -0.3 is 5.32 Å². The molecule has 0 saturated carbocycles. The summed E-state index contributed by atoms with van der Waals surface area (Å²) in [5.74, 6) is 0. The Morgan fingerprint density at radius 3 is 2.75 bits per heavy atom. The second-order valence-corrected chi connectivity index (χ2v) is 4.95. The number of carbonyl (C=O) groups is 1. The molecule has 0 spiro atoms. The van der Waals surface area contributed by atoms with E-state index < -0.39 is 10.0 Å². The third-order valence-electron chi connectivity index (χ3n) is 1.91. The number of amides is 1. The zero-order valence-corrected chi connectivity index (χ0v) is 9.75. The molecule has 0 bridgehead atoms. The van der Waals surface area contributed by atoms with Gasteiger partial charge in [-0.1, -0.05) is 13.0 Å². The number of hydrogen-bond donors (Lipinski definition) is 2. The molecule has 0 aromatic heterocycles. The number of nitrogens with one attached hydrogen (secondary N) is 2. The van der Waals surface area contributed by atoms with Gasteiger partial charge in [-0.15, -0.1) is 0 Å². The van der Waals surface area contributed by atoms with E-state index in [2.05, 4.69) is 10.0 Å². The van der Waals surface area contributed by atoms with Crippen molar-refractivity contribution in [2.75, 3.05) is 11.9 Å². The molecule has 1 rings (SSSR count). The normalized spacial score (nSPS) is 11.1. The molecular formula is C10H14N2O3S. The van der Waals surface area contributed by atoms with Crippen LogP contribution in [0.25, 0.3) is 0 Å². The average Bonchev–Trinajstić information content (AvgIpc) is 2.27. The first-order chi connectivity index (χ1) is 7.60. The SMILES string of the molecule is CCCNS(=O)(=O)c1cccc(NC=O)c1. The maximum atomic E-state index is 11.7. The third kappa shape index (κ3) is 3.32. The topological polar surface area (TPSA) is 75.3 Å². The molecule has 0 radical (unpaired) electrons. The molecule has 5 nitrogen and oxygen atoms in total. The average molecular weight is 242 g/mol. The Morgan fingerprint density at radius 1 is 1.38 bits per heavy atom. The Kier molecular flexibility index (Phi) is 4.45. The molecule has 1 aromatic rings. The lowest BCUT2D eigenvalue weighted by molar-refractivity contribution is -0.105. The van der Waals surface area contributed by atoms with Crippen LogP contribution in [0, 0.1) is 0 Å². The van der Waals surface area contributed by atoms with Crippen molar-refractivity contribution in [3.8, 4) is 0 Å². The van der Waals surface area contributed by atoms with Crippen molar-refractivity contribution in [3.63, 3.8) is 0 Å². The first kappa shape index (κ1) is 12.7. The van der Waals surface area contributed by atoms with Crippen LogP contribution in [0.1, 0.15) is 13.3 Å². The summed E-state index contributed by atoms with van der Waals surface area (Å²) in [6, 6.07) is 6.08. The number of sulfonamides is 1. The molecule has 0 heterocycles. The Morgan fingerprint density at radius 2 is 2.12 bits per heavy atom. The summed E-state index contributed by atoms with van der Waals surface area (Å²) in [7, 11) is -3.47. The van der Waals surface area contributed by atoms with Crippen molar-refractivity contribution < 1.29 is 13.2 Å². The van der Waals surface area contributed by atoms with Crippen LogP contribution >= 0.6 is 0 Å². The summed E-state index contributed by atoms with van der Waals surface area (Å²) >= 11 is 0. The maximum absolute atomic E-state index is 11.7. The maximum Gasteiger partial charge on any atom is 0.240 e. The van der Waals surface area contributed by atoms with E-state index in [9.17, 15) is 13.2 Å². The zero-order valence-electron chi connectivity index (χ0n) is 8.93. The van der Waals surface area contributed by atoms with E-state index in [0.29, 0.717) is 18.6 Å². The van der Waals surface area contributed by atoms with E-state index in [1.165, 1.54) is 12.1 Å². The number of rotatable bonds is 6. The highest BCUT2D eigenvalue weighted by molar-refractivity contribution is 7.89. The Balaban J connectivity index is 2.94. The van der Waals surface area contributed by atoms with Crippen molar-refractivity contribution >= 4 is 22.1 Å². The largest absolute Gasteiger partial charge is 0.329 e. The van der Waals surface area contributed by atoms with Gasteiger partial charge >= 0.3 is 0 Å². The van der Waals surface area contributed by atoms with Crippen LogP contribution in [-0.2, 0) is 14.8 Å². The first-order valence-corrected chi connectivity index (χ1v) is 6.38. The van der Waals surface area contributed by atoms with E-state index >= 15 is 0 Å². The smallest absolute Gasteiger partial charge is 0.240 e. The molecule has 0 aliphatic heterocycles. The Bertz CT molecular complexity index is 457. The summed E-state index contributed by atoms with van der Waals surface area (Å²) in [5.41, 5.74) is 0.453. The van der Waals surface area contributed by atoms with E-state index in [0.717, 1.165) is 6.42 Å². The zero-order chi connectivity index (χ0) is 12.0. The molecule has 0 aliphatic rings. The van der Waals surface area contributed by atoms with Gasteiger partial charge in [-0.25, -0.2) is 13.1 Å². The van der Waals surface area contributed by atoms with Crippen LogP contribution in [0.3, 0.4) is 0 Å². The van der Waals surface area contributed by atoms with Gasteiger partial charge in [0, 0.05) is 12.2 Å². The summed E-state index contributed by atoms with van der Waals surface area (Å²) in [6.07, 6.45) is 1.23. The lowest BCUT2D eigenvalue weighted by Gasteiger charge is -2.06. The molecule has 0 fully saturated rings. The predicted molar refractivity (Wildman–Crippen MR) is 61.6 cm³/mol. The predicted octanol–water partition coefficient (Wildman–Crippen LogP) is 0.943. The van der Waals surface area contributed by atoms with Crippen LogP contribution in [0.4, 0.5) is 5.69 Å². The van der Waals surface area contributed by atoms with Gasteiger partial charge in [-0.05, 0) is 24.6 Å². The highest BCUT2D eigenvalue weighted by atomic mass is 32.2. The first-order valence-electron chi connectivity index (χ1n) is 4.90. The Labute approximate surface area is 94.9 Å². The Hall–Kier alpha value is -1.40. The molecular weight excluding hydrogens is 228 g/mol. The molecule has 0 atom stereocenters. The number of benzene rings is 1. The highest BCUT2D eigenvalue weighted by Crippen LogP contribution is 2.14. The van der Waals surface area contributed by atoms with Crippen LogP contribution in [0.5, 0.6) is 0 Å². The molecule has 0 aliphatic carbocycles. The minimum absolute atomic E-state index is 0.146. The quantitative estimate of drug-likeness (QED) is 0.729. The van der Waals surface area contributed by atoms with Crippen molar-refractivity contribution in [2.45, 2.75) is 18.2 Å². The van der Waals surface area contributed by atoms with E-state index in [1.54, 1.807) is 12.1 Å². The van der Waals surface area contributed by atoms with Gasteiger partial charge in [0.15, 0.2) is 0 Å². The highest BCUT2D eigenvalue weighted by Gasteiger charge is 2.12. The van der Waals surface area contributed by atoms with Gasteiger partial charge in [0.25, 0.3) is 0 Å². The molecule has 0 unspecified atom stereocenters. The van der Waals surface area contributed by atoms with Crippen LogP contribution in [0.2, 0.25) is 0 Å². The third-order valence-corrected chi connectivity index (χ3v) is 3.37. The molecule has 1 aromatic carbocycles. The number of anilines is 1. The fourth-order valence-electron chi connectivity index (χ4n) is 1.14. The van der Waals surface area contributed by atoms with Gasteiger partial charge in [0.05, 0.1) is 4.90 Å². The second-order valence-electron chi connectivity index (χ2n) is 3.19. The summed E-state index contributed by atoms with van der Waals surface area (Å²) in [6.45, 7) is 2.28. The summed E-state index contributed by atoms with van der Waals surface area (Å²) in [4.78, 5) is 10.4. The number of hydrogen-bond acceptors (Lipinski definition) is 3. The number of carbonyl (C=O) groups excluding carboxylic acids is 1. The minimum Gasteiger partial charge on any atom is -0.329 e. The molecule has 16 heavy (non-hydrogen) atoms. The molecule has 2 N–H and O–H groups in total. The standard InChI is InChI=1S/C10H14N2O3S/c1-2-6-12-16(14,15)10-5-3-4-9(7-10)11-8-13/h3-5,7-8,12H,2,6H2,1H3,(H,11,13). The van der Waals surface area contributed by atoms with Gasteiger partial charge in [-0.2, -0.15) is 0 Å². The van der Waals surface area contributed by atoms with Crippen molar-refractivity contribution in [3.05, 3.63) is 24.3 Å². The van der Waals surface area contributed by atoms with Crippen LogP contribution < -0.4 is 10.0 Å². The summed E-state index contributed by atoms with van der Waals surface area (Å²) in [5, 5.41) is 2.40. The lowest BCUT2D eigenvalue weighted by Crippen LogP contribution is -2.24. The van der Waals surface area contributed by atoms with Crippen molar-refractivity contribution in [2.24, 2.45) is 0 Å². The van der Waals surface area contributed by atoms with Gasteiger partial charge in [0.2, 0.25) is 16.4 Å². The molecule has 6 heteroatoms. The van der Waals surface area contributed by atoms with Crippen molar-refractivity contribution in [1.82, 2.24) is 4.72 Å². The monoisotopic (exact) mass is 242 g/mol. The fraction of sp³-hybridized carbons (Fsp3) is 0.300. The molecule has 0 saturated heterocycles. The van der Waals surface area contributed by atoms with E-state index in [-0.39, 0.29) is 4.90 Å². The molecule has 1 amide bonds. The second kappa shape index (κ2) is 5.62. The fourth-order valence-corrected chi connectivity index (χ4v) is 2.32. The van der Waals surface area contributed by atoms with Crippen molar-refractivity contribution in [1.29, 1.82) is 0 Å².